The Hall–Kier alpha value is -1.45. The largest absolute Gasteiger partial charge is 0.697 e. The minimum Gasteiger partial charge on any atom is -0.338 e. The predicted octanol–water partition coefficient (Wildman–Crippen LogP) is 4.07. The fourth-order valence-electron chi connectivity index (χ4n) is 2.62. The molecule has 2 atom stereocenters. The molecule has 1 aliphatic heterocycles. The fourth-order valence-corrected chi connectivity index (χ4v) is 3.15. The maximum absolute atomic E-state index is 11.2. The van der Waals surface area contributed by atoms with Gasteiger partial charge in [-0.05, 0) is 36.2 Å². The molecule has 21 heavy (non-hydrogen) atoms. The standard InChI is InChI=1S/C15H13ClNO3P/c16-12-5-7-13(8-6-12)17-10-9-11-3-1-2-4-14(11)15(17)20-21(18)19/h1-8,15H,9-10H2/p+1/t15-/m0/s1. The lowest BCUT2D eigenvalue weighted by atomic mass is 9.98. The van der Waals surface area contributed by atoms with E-state index in [2.05, 4.69) is 0 Å². The van der Waals surface area contributed by atoms with E-state index in [0.717, 1.165) is 23.2 Å². The number of benzene rings is 2. The molecule has 4 nitrogen and oxygen atoms in total. The molecule has 1 unspecified atom stereocenters. The first-order valence-corrected chi connectivity index (χ1v) is 8.09. The van der Waals surface area contributed by atoms with E-state index in [-0.39, 0.29) is 0 Å². The third-order valence-corrected chi connectivity index (χ3v) is 4.21. The number of fused-ring (bicyclic) bond motifs is 1. The summed E-state index contributed by atoms with van der Waals surface area (Å²) in [5, 5.41) is 0.655. The van der Waals surface area contributed by atoms with Crippen LogP contribution in [0.15, 0.2) is 48.5 Å². The van der Waals surface area contributed by atoms with Crippen LogP contribution in [0, 0.1) is 0 Å². The summed E-state index contributed by atoms with van der Waals surface area (Å²) >= 11 is 5.92. The van der Waals surface area contributed by atoms with E-state index >= 15 is 0 Å². The lowest BCUT2D eigenvalue weighted by Crippen LogP contribution is -2.36. The van der Waals surface area contributed by atoms with Crippen molar-refractivity contribution in [2.24, 2.45) is 0 Å². The summed E-state index contributed by atoms with van der Waals surface area (Å²) in [6.45, 7) is 0.715. The Morgan fingerprint density at radius 1 is 1.19 bits per heavy atom. The maximum atomic E-state index is 11.2. The number of rotatable bonds is 3. The third-order valence-electron chi connectivity index (χ3n) is 3.57. The summed E-state index contributed by atoms with van der Waals surface area (Å²) in [6.07, 6.45) is 0.297. The first-order valence-electron chi connectivity index (χ1n) is 6.58. The van der Waals surface area contributed by atoms with Gasteiger partial charge in [0.05, 0.1) is 0 Å². The van der Waals surface area contributed by atoms with Crippen LogP contribution in [-0.2, 0) is 15.5 Å². The van der Waals surface area contributed by atoms with E-state index in [0.29, 0.717) is 11.6 Å². The Morgan fingerprint density at radius 3 is 2.62 bits per heavy atom. The topological polar surface area (TPSA) is 49.8 Å². The zero-order valence-electron chi connectivity index (χ0n) is 11.1. The molecule has 0 radical (unpaired) electrons. The van der Waals surface area contributed by atoms with Gasteiger partial charge in [0.2, 0.25) is 6.23 Å². The van der Waals surface area contributed by atoms with Crippen molar-refractivity contribution in [3.63, 3.8) is 0 Å². The van der Waals surface area contributed by atoms with Crippen LogP contribution in [0.4, 0.5) is 5.69 Å². The Kier molecular flexibility index (Phi) is 4.22. The van der Waals surface area contributed by atoms with Crippen molar-refractivity contribution in [1.82, 2.24) is 0 Å². The second-order valence-corrected chi connectivity index (χ2v) is 5.94. The molecule has 0 saturated heterocycles. The molecule has 2 aromatic rings. The summed E-state index contributed by atoms with van der Waals surface area (Å²) < 4.78 is 16.5. The summed E-state index contributed by atoms with van der Waals surface area (Å²) in [6, 6.07) is 15.2. The molecule has 1 heterocycles. The second-order valence-electron chi connectivity index (χ2n) is 4.81. The van der Waals surface area contributed by atoms with Gasteiger partial charge >= 0.3 is 8.25 Å². The lowest BCUT2D eigenvalue weighted by Gasteiger charge is -2.35. The van der Waals surface area contributed by atoms with Crippen molar-refractivity contribution in [3.05, 3.63) is 64.7 Å². The molecular weight excluding hydrogens is 309 g/mol. The number of anilines is 1. The summed E-state index contributed by atoms with van der Waals surface area (Å²) in [5.74, 6) is 0. The van der Waals surface area contributed by atoms with Gasteiger partial charge in [0.1, 0.15) is 0 Å². The van der Waals surface area contributed by atoms with Crippen molar-refractivity contribution in [2.45, 2.75) is 12.6 Å². The molecule has 1 aliphatic rings. The average molecular weight is 323 g/mol. The average Bonchev–Trinajstić information content (AvgIpc) is 2.48. The smallest absolute Gasteiger partial charge is 0.338 e. The predicted molar refractivity (Wildman–Crippen MR) is 82.6 cm³/mol. The number of nitrogens with zero attached hydrogens (tertiary/aromatic N) is 1. The van der Waals surface area contributed by atoms with Gasteiger partial charge in [-0.1, -0.05) is 40.4 Å². The highest BCUT2D eigenvalue weighted by Gasteiger charge is 2.35. The van der Waals surface area contributed by atoms with Gasteiger partial charge in [-0.2, -0.15) is 0 Å². The van der Waals surface area contributed by atoms with E-state index in [1.807, 2.05) is 41.3 Å². The molecule has 0 aliphatic carbocycles. The molecule has 2 aromatic carbocycles. The molecule has 108 valence electrons. The highest BCUT2D eigenvalue weighted by Crippen LogP contribution is 2.39. The van der Waals surface area contributed by atoms with Crippen LogP contribution in [-0.4, -0.2) is 11.4 Å². The van der Waals surface area contributed by atoms with Crippen LogP contribution < -0.4 is 4.90 Å². The molecule has 0 spiro atoms. The van der Waals surface area contributed by atoms with Crippen LogP contribution in [0.3, 0.4) is 0 Å². The van der Waals surface area contributed by atoms with E-state index < -0.39 is 14.5 Å². The normalized spacial score (nSPS) is 18.3. The molecule has 0 saturated carbocycles. The fraction of sp³-hybridized carbons (Fsp3) is 0.200. The summed E-state index contributed by atoms with van der Waals surface area (Å²) in [4.78, 5) is 11.2. The zero-order valence-corrected chi connectivity index (χ0v) is 12.8. The Bertz CT molecular complexity index is 662. The Labute approximate surface area is 128 Å². The highest BCUT2D eigenvalue weighted by molar-refractivity contribution is 7.32. The van der Waals surface area contributed by atoms with Crippen LogP contribution in [0.5, 0.6) is 0 Å². The van der Waals surface area contributed by atoms with E-state index in [4.69, 9.17) is 16.1 Å². The first kappa shape index (κ1) is 14.5. The van der Waals surface area contributed by atoms with E-state index in [1.165, 1.54) is 0 Å². The molecule has 6 heteroatoms. The van der Waals surface area contributed by atoms with Crippen LogP contribution in [0.2, 0.25) is 5.02 Å². The van der Waals surface area contributed by atoms with E-state index in [9.17, 15) is 9.46 Å². The van der Waals surface area contributed by atoms with Crippen LogP contribution in [0.25, 0.3) is 0 Å². The van der Waals surface area contributed by atoms with Gasteiger partial charge in [0.25, 0.3) is 0 Å². The molecule has 0 aromatic heterocycles. The Morgan fingerprint density at radius 2 is 1.90 bits per heavy atom. The SMILES string of the molecule is O=[P+](O)O[C@H]1c2ccccc2CCN1c1ccc(Cl)cc1. The second kappa shape index (κ2) is 6.12. The van der Waals surface area contributed by atoms with Gasteiger partial charge in [0.15, 0.2) is 0 Å². The maximum Gasteiger partial charge on any atom is 0.697 e. The molecule has 1 N–H and O–H groups in total. The molecular formula is C15H14ClNO3P+. The first-order chi connectivity index (χ1) is 10.1. The molecule has 0 bridgehead atoms. The highest BCUT2D eigenvalue weighted by atomic mass is 35.5. The van der Waals surface area contributed by atoms with Crippen LogP contribution in [0.1, 0.15) is 17.4 Å². The zero-order chi connectivity index (χ0) is 14.8. The number of hydrogen-bond donors (Lipinski definition) is 1. The van der Waals surface area contributed by atoms with Crippen LogP contribution >= 0.6 is 19.9 Å². The van der Waals surface area contributed by atoms with Gasteiger partial charge in [-0.15, -0.1) is 4.89 Å². The minimum atomic E-state index is -2.69. The Balaban J connectivity index is 2.00. The minimum absolute atomic E-state index is 0.565. The third kappa shape index (κ3) is 3.09. The molecule has 0 fully saturated rings. The molecule has 3 rings (SSSR count). The molecule has 0 amide bonds. The van der Waals surface area contributed by atoms with Gasteiger partial charge < -0.3 is 4.90 Å². The summed E-state index contributed by atoms with van der Waals surface area (Å²) in [5.41, 5.74) is 2.98. The van der Waals surface area contributed by atoms with Crippen molar-refractivity contribution >= 4 is 25.5 Å². The van der Waals surface area contributed by atoms with Crippen molar-refractivity contribution in [3.8, 4) is 0 Å². The number of halogens is 1. The van der Waals surface area contributed by atoms with Gasteiger partial charge in [-0.25, -0.2) is 0 Å². The summed E-state index contributed by atoms with van der Waals surface area (Å²) in [7, 11) is -2.69. The quantitative estimate of drug-likeness (QED) is 0.865. The van der Waals surface area contributed by atoms with Gasteiger partial charge in [-0.3, -0.25) is 0 Å². The van der Waals surface area contributed by atoms with Crippen molar-refractivity contribution in [1.29, 1.82) is 0 Å². The van der Waals surface area contributed by atoms with Crippen molar-refractivity contribution in [2.75, 3.05) is 11.4 Å². The monoisotopic (exact) mass is 322 g/mol. The van der Waals surface area contributed by atoms with Crippen molar-refractivity contribution < 1.29 is 14.0 Å². The lowest BCUT2D eigenvalue weighted by molar-refractivity contribution is 0.179. The van der Waals surface area contributed by atoms with E-state index in [1.54, 1.807) is 12.1 Å². The van der Waals surface area contributed by atoms with Gasteiger partial charge in [0, 0.05) is 27.4 Å². The number of hydrogen-bond acceptors (Lipinski definition) is 3.